The van der Waals surface area contributed by atoms with Gasteiger partial charge in [0, 0.05) is 19.0 Å². The smallest absolute Gasteiger partial charge is 0.243 e. The Morgan fingerprint density at radius 2 is 2.09 bits per heavy atom. The molecule has 2 rings (SSSR count). The molecule has 0 spiro atoms. The van der Waals surface area contributed by atoms with Crippen LogP contribution >= 0.6 is 0 Å². The molecule has 0 unspecified atom stereocenters. The zero-order valence-corrected chi connectivity index (χ0v) is 13.7. The number of carbonyl (C=O) groups is 2. The van der Waals surface area contributed by atoms with Crippen LogP contribution in [0.3, 0.4) is 0 Å². The molecular formula is C15H25N5O2. The fraction of sp³-hybridized carbons (Fsp3) is 0.733. The molecule has 1 atom stereocenters. The van der Waals surface area contributed by atoms with E-state index in [2.05, 4.69) is 15.5 Å². The van der Waals surface area contributed by atoms with Crippen molar-refractivity contribution < 1.29 is 9.59 Å². The minimum Gasteiger partial charge on any atom is -0.347 e. The first kappa shape index (κ1) is 16.5. The van der Waals surface area contributed by atoms with Crippen LogP contribution in [-0.4, -0.2) is 44.1 Å². The van der Waals surface area contributed by atoms with Crippen LogP contribution in [0.25, 0.3) is 0 Å². The molecule has 0 aromatic carbocycles. The first-order valence-electron chi connectivity index (χ1n) is 7.87. The summed E-state index contributed by atoms with van der Waals surface area (Å²) in [6.45, 7) is 8.99. The second-order valence-corrected chi connectivity index (χ2v) is 6.35. The SMILES string of the molecule is CC(C)[C@@H](C(=O)NCc1nncn1C(C)C)N1CCCC1=O. The standard InChI is InChI=1S/C15H25N5O2/c1-10(2)14(19-7-5-6-13(19)21)15(22)16-8-12-18-17-9-20(12)11(3)4/h9-11,14H,5-8H2,1-4H3,(H,16,22)/t14-/m0/s1. The zero-order chi connectivity index (χ0) is 16.3. The Hall–Kier alpha value is -1.92. The molecule has 122 valence electrons. The summed E-state index contributed by atoms with van der Waals surface area (Å²) in [6, 6.07) is -0.173. The van der Waals surface area contributed by atoms with Gasteiger partial charge >= 0.3 is 0 Å². The molecule has 1 aliphatic rings. The molecule has 0 aliphatic carbocycles. The van der Waals surface area contributed by atoms with Crippen molar-refractivity contribution in [1.29, 1.82) is 0 Å². The van der Waals surface area contributed by atoms with Gasteiger partial charge in [-0.2, -0.15) is 0 Å². The predicted molar refractivity (Wildman–Crippen MR) is 81.8 cm³/mol. The molecule has 1 N–H and O–H groups in total. The van der Waals surface area contributed by atoms with Crippen LogP contribution in [0.15, 0.2) is 6.33 Å². The molecule has 7 nitrogen and oxygen atoms in total. The van der Waals surface area contributed by atoms with Crippen LogP contribution in [0.2, 0.25) is 0 Å². The summed E-state index contributed by atoms with van der Waals surface area (Å²) in [5.74, 6) is 0.742. The lowest BCUT2D eigenvalue weighted by Gasteiger charge is -2.29. The molecule has 1 saturated heterocycles. The highest BCUT2D eigenvalue weighted by atomic mass is 16.2. The van der Waals surface area contributed by atoms with E-state index in [1.807, 2.05) is 32.3 Å². The number of nitrogens with one attached hydrogen (secondary N) is 1. The largest absolute Gasteiger partial charge is 0.347 e. The highest BCUT2D eigenvalue weighted by Crippen LogP contribution is 2.19. The van der Waals surface area contributed by atoms with Gasteiger partial charge in [-0.25, -0.2) is 0 Å². The third-order valence-electron chi connectivity index (χ3n) is 3.97. The molecule has 0 bridgehead atoms. The van der Waals surface area contributed by atoms with Crippen molar-refractivity contribution in [2.75, 3.05) is 6.54 Å². The summed E-state index contributed by atoms with van der Waals surface area (Å²) in [4.78, 5) is 26.2. The number of hydrogen-bond donors (Lipinski definition) is 1. The van der Waals surface area contributed by atoms with Gasteiger partial charge in [-0.05, 0) is 26.2 Å². The van der Waals surface area contributed by atoms with Crippen LogP contribution < -0.4 is 5.32 Å². The van der Waals surface area contributed by atoms with E-state index in [4.69, 9.17) is 0 Å². The summed E-state index contributed by atoms with van der Waals surface area (Å²) in [5, 5.41) is 10.8. The Morgan fingerprint density at radius 1 is 1.36 bits per heavy atom. The average molecular weight is 307 g/mol. The van der Waals surface area contributed by atoms with E-state index in [1.165, 1.54) is 0 Å². The van der Waals surface area contributed by atoms with Crippen molar-refractivity contribution in [1.82, 2.24) is 25.0 Å². The molecule has 22 heavy (non-hydrogen) atoms. The normalized spacial score (nSPS) is 16.6. The molecule has 1 aromatic rings. The molecule has 1 aromatic heterocycles. The maximum absolute atomic E-state index is 12.5. The molecule has 7 heteroatoms. The van der Waals surface area contributed by atoms with Crippen molar-refractivity contribution >= 4 is 11.8 Å². The predicted octanol–water partition coefficient (Wildman–Crippen LogP) is 1.12. The van der Waals surface area contributed by atoms with E-state index in [0.717, 1.165) is 12.2 Å². The summed E-state index contributed by atoms with van der Waals surface area (Å²) in [5.41, 5.74) is 0. The van der Waals surface area contributed by atoms with Crippen molar-refractivity contribution in [3.8, 4) is 0 Å². The van der Waals surface area contributed by atoms with Crippen LogP contribution in [0.5, 0.6) is 0 Å². The van der Waals surface area contributed by atoms with E-state index in [9.17, 15) is 9.59 Å². The summed E-state index contributed by atoms with van der Waals surface area (Å²) in [7, 11) is 0. The van der Waals surface area contributed by atoms with Crippen molar-refractivity contribution in [2.24, 2.45) is 5.92 Å². The molecule has 1 aliphatic heterocycles. The Balaban J connectivity index is 2.02. The third kappa shape index (κ3) is 3.45. The van der Waals surface area contributed by atoms with Gasteiger partial charge in [-0.1, -0.05) is 13.8 Å². The molecule has 2 heterocycles. The van der Waals surface area contributed by atoms with E-state index in [-0.39, 0.29) is 23.8 Å². The fourth-order valence-electron chi connectivity index (χ4n) is 2.86. The minimum atomic E-state index is -0.412. The van der Waals surface area contributed by atoms with Gasteiger partial charge in [0.1, 0.15) is 12.4 Å². The monoisotopic (exact) mass is 307 g/mol. The first-order chi connectivity index (χ1) is 10.4. The first-order valence-corrected chi connectivity index (χ1v) is 7.87. The van der Waals surface area contributed by atoms with E-state index in [1.54, 1.807) is 11.2 Å². The minimum absolute atomic E-state index is 0.0687. The number of carbonyl (C=O) groups excluding carboxylic acids is 2. The Labute approximate surface area is 131 Å². The van der Waals surface area contributed by atoms with Crippen LogP contribution in [0, 0.1) is 5.92 Å². The number of hydrogen-bond acceptors (Lipinski definition) is 4. The molecule has 1 fully saturated rings. The summed E-state index contributed by atoms with van der Waals surface area (Å²) in [6.07, 6.45) is 3.03. The highest BCUT2D eigenvalue weighted by molar-refractivity contribution is 5.88. The summed E-state index contributed by atoms with van der Waals surface area (Å²) >= 11 is 0. The maximum Gasteiger partial charge on any atom is 0.243 e. The van der Waals surface area contributed by atoms with Crippen molar-refractivity contribution in [3.05, 3.63) is 12.2 Å². The lowest BCUT2D eigenvalue weighted by Crippen LogP contribution is -2.50. The van der Waals surface area contributed by atoms with Crippen LogP contribution in [0.1, 0.15) is 52.4 Å². The number of amides is 2. The molecular weight excluding hydrogens is 282 g/mol. The van der Waals surface area contributed by atoms with Gasteiger partial charge in [0.15, 0.2) is 5.82 Å². The van der Waals surface area contributed by atoms with Crippen LogP contribution in [0.4, 0.5) is 0 Å². The molecule has 0 radical (unpaired) electrons. The molecule has 0 saturated carbocycles. The van der Waals surface area contributed by atoms with Gasteiger partial charge in [0.2, 0.25) is 11.8 Å². The number of nitrogens with zero attached hydrogens (tertiary/aromatic N) is 4. The quantitative estimate of drug-likeness (QED) is 0.854. The van der Waals surface area contributed by atoms with Crippen molar-refractivity contribution in [3.63, 3.8) is 0 Å². The van der Waals surface area contributed by atoms with Gasteiger partial charge in [0.05, 0.1) is 6.54 Å². The Morgan fingerprint density at radius 3 is 2.64 bits per heavy atom. The third-order valence-corrected chi connectivity index (χ3v) is 3.97. The van der Waals surface area contributed by atoms with Gasteiger partial charge < -0.3 is 14.8 Å². The Bertz CT molecular complexity index is 538. The maximum atomic E-state index is 12.5. The van der Waals surface area contributed by atoms with Crippen molar-refractivity contribution in [2.45, 2.75) is 59.2 Å². The number of likely N-dealkylation sites (tertiary alicyclic amines) is 1. The summed E-state index contributed by atoms with van der Waals surface area (Å²) < 4.78 is 1.92. The topological polar surface area (TPSA) is 80.1 Å². The second kappa shape index (κ2) is 6.89. The Kier molecular flexibility index (Phi) is 5.15. The lowest BCUT2D eigenvalue weighted by molar-refractivity contribution is -0.139. The highest BCUT2D eigenvalue weighted by Gasteiger charge is 2.34. The lowest BCUT2D eigenvalue weighted by atomic mass is 10.0. The van der Waals surface area contributed by atoms with Gasteiger partial charge in [-0.3, -0.25) is 9.59 Å². The van der Waals surface area contributed by atoms with E-state index < -0.39 is 6.04 Å². The van der Waals surface area contributed by atoms with Gasteiger partial charge in [0.25, 0.3) is 0 Å². The molecule has 2 amide bonds. The fourth-order valence-corrected chi connectivity index (χ4v) is 2.86. The second-order valence-electron chi connectivity index (χ2n) is 6.35. The zero-order valence-electron chi connectivity index (χ0n) is 13.7. The number of aromatic nitrogens is 3. The average Bonchev–Trinajstić information content (AvgIpc) is 3.06. The van der Waals surface area contributed by atoms with E-state index in [0.29, 0.717) is 19.5 Å². The van der Waals surface area contributed by atoms with Gasteiger partial charge in [-0.15, -0.1) is 10.2 Å². The van der Waals surface area contributed by atoms with E-state index >= 15 is 0 Å². The number of rotatable bonds is 6. The van der Waals surface area contributed by atoms with Crippen LogP contribution in [-0.2, 0) is 16.1 Å².